The number of benzene rings is 9. The SMILES string of the molecule is c1ccc(-c2ccc(-c3c4ccccc4c(-c4ccc5c(c4)-c4cccc6cccc(c46)O5)c4ccccc34)cc2-c2ccccc2)cc1. The minimum atomic E-state index is 0.895. The molecule has 0 N–H and O–H groups in total. The van der Waals surface area contributed by atoms with Gasteiger partial charge in [-0.25, -0.2) is 0 Å². The molecule has 1 aliphatic heterocycles. The highest BCUT2D eigenvalue weighted by Gasteiger charge is 2.23. The third kappa shape index (κ3) is 4.40. The Morgan fingerprint density at radius 1 is 0.286 bits per heavy atom. The lowest BCUT2D eigenvalue weighted by molar-refractivity contribution is 0.487. The van der Waals surface area contributed by atoms with E-state index in [-0.39, 0.29) is 0 Å². The quantitative estimate of drug-likeness (QED) is 0.177. The fourth-order valence-electron chi connectivity index (χ4n) is 7.90. The van der Waals surface area contributed by atoms with Crippen molar-refractivity contribution in [1.82, 2.24) is 0 Å². The van der Waals surface area contributed by atoms with Crippen LogP contribution in [0.25, 0.3) is 88.0 Å². The second-order valence-corrected chi connectivity index (χ2v) is 12.8. The molecule has 9 aromatic rings. The Morgan fingerprint density at radius 2 is 0.796 bits per heavy atom. The number of ether oxygens (including phenoxy) is 1. The Kier molecular flexibility index (Phi) is 6.25. The first kappa shape index (κ1) is 27.7. The molecule has 0 bridgehead atoms. The van der Waals surface area contributed by atoms with Crippen molar-refractivity contribution in [2.45, 2.75) is 0 Å². The van der Waals surface area contributed by atoms with E-state index in [0.717, 1.165) is 17.1 Å². The van der Waals surface area contributed by atoms with Crippen LogP contribution in [0.4, 0.5) is 0 Å². The van der Waals surface area contributed by atoms with Gasteiger partial charge in [0, 0.05) is 10.9 Å². The summed E-state index contributed by atoms with van der Waals surface area (Å²) in [7, 11) is 0. The summed E-state index contributed by atoms with van der Waals surface area (Å²) < 4.78 is 6.48. The van der Waals surface area contributed by atoms with Crippen LogP contribution in [-0.2, 0) is 0 Å². The topological polar surface area (TPSA) is 9.23 Å². The zero-order valence-electron chi connectivity index (χ0n) is 26.7. The zero-order valence-corrected chi connectivity index (χ0v) is 26.7. The van der Waals surface area contributed by atoms with E-state index in [4.69, 9.17) is 4.74 Å². The van der Waals surface area contributed by atoms with Crippen LogP contribution in [0.5, 0.6) is 11.5 Å². The van der Waals surface area contributed by atoms with Crippen molar-refractivity contribution in [2.24, 2.45) is 0 Å². The van der Waals surface area contributed by atoms with Gasteiger partial charge in [-0.15, -0.1) is 0 Å². The Bertz CT molecular complexity index is 2660. The molecule has 0 saturated heterocycles. The number of fused-ring (bicyclic) bond motifs is 4. The van der Waals surface area contributed by atoms with E-state index >= 15 is 0 Å². The molecular formula is C48H30O. The Morgan fingerprint density at radius 3 is 1.41 bits per heavy atom. The number of hydrogen-bond acceptors (Lipinski definition) is 1. The fraction of sp³-hybridized carbons (Fsp3) is 0. The molecule has 0 aromatic heterocycles. The monoisotopic (exact) mass is 622 g/mol. The third-order valence-electron chi connectivity index (χ3n) is 10.1. The van der Waals surface area contributed by atoms with E-state index in [9.17, 15) is 0 Å². The van der Waals surface area contributed by atoms with Crippen molar-refractivity contribution < 1.29 is 4.74 Å². The summed E-state index contributed by atoms with van der Waals surface area (Å²) in [6.07, 6.45) is 0. The van der Waals surface area contributed by atoms with Crippen molar-refractivity contribution >= 4 is 32.3 Å². The van der Waals surface area contributed by atoms with Crippen molar-refractivity contribution in [3.05, 3.63) is 182 Å². The first-order chi connectivity index (χ1) is 24.3. The van der Waals surface area contributed by atoms with E-state index < -0.39 is 0 Å². The van der Waals surface area contributed by atoms with Crippen LogP contribution in [0.15, 0.2) is 182 Å². The van der Waals surface area contributed by atoms with Crippen LogP contribution in [0.2, 0.25) is 0 Å². The summed E-state index contributed by atoms with van der Waals surface area (Å²) in [5.41, 5.74) is 12.1. The van der Waals surface area contributed by atoms with Crippen LogP contribution in [0.3, 0.4) is 0 Å². The summed E-state index contributed by atoms with van der Waals surface area (Å²) in [5, 5.41) is 7.32. The maximum absolute atomic E-state index is 6.48. The molecule has 0 saturated carbocycles. The van der Waals surface area contributed by atoms with Crippen molar-refractivity contribution in [3.63, 3.8) is 0 Å². The molecule has 0 unspecified atom stereocenters. The summed E-state index contributed by atoms with van der Waals surface area (Å²) >= 11 is 0. The molecule has 1 heteroatoms. The predicted molar refractivity (Wildman–Crippen MR) is 206 cm³/mol. The number of hydrogen-bond donors (Lipinski definition) is 0. The van der Waals surface area contributed by atoms with Gasteiger partial charge in [0.2, 0.25) is 0 Å². The molecule has 1 heterocycles. The molecule has 0 amide bonds. The highest BCUT2D eigenvalue weighted by atomic mass is 16.5. The highest BCUT2D eigenvalue weighted by Crippen LogP contribution is 2.50. The van der Waals surface area contributed by atoms with Gasteiger partial charge in [-0.1, -0.05) is 158 Å². The molecule has 0 spiro atoms. The first-order valence-corrected chi connectivity index (χ1v) is 16.8. The average Bonchev–Trinajstić information content (AvgIpc) is 3.17. The Labute approximate surface area is 285 Å². The molecule has 0 fully saturated rings. The lowest BCUT2D eigenvalue weighted by Gasteiger charge is -2.23. The largest absolute Gasteiger partial charge is 0.456 e. The van der Waals surface area contributed by atoms with Crippen LogP contribution in [0, 0.1) is 0 Å². The molecule has 1 aliphatic rings. The summed E-state index contributed by atoms with van der Waals surface area (Å²) in [6, 6.07) is 65.8. The molecular weight excluding hydrogens is 593 g/mol. The standard InChI is InChI=1S/C48H30O/c1-3-13-31(14-4-1)36-27-25-34(29-42(36)32-15-5-2-6-16-32)46-37-19-7-9-21-39(37)47(40-22-10-8-20-38(40)46)35-26-28-44-43(30-35)41-23-11-17-33-18-12-24-45(49-44)48(33)41/h1-30H. The Balaban J connectivity index is 1.23. The molecule has 0 aliphatic carbocycles. The molecule has 228 valence electrons. The van der Waals surface area contributed by atoms with E-state index in [2.05, 4.69) is 182 Å². The van der Waals surface area contributed by atoms with Crippen LogP contribution in [-0.4, -0.2) is 0 Å². The van der Waals surface area contributed by atoms with Gasteiger partial charge >= 0.3 is 0 Å². The second kappa shape index (κ2) is 11.1. The first-order valence-electron chi connectivity index (χ1n) is 16.8. The van der Waals surface area contributed by atoms with Crippen molar-refractivity contribution in [1.29, 1.82) is 0 Å². The van der Waals surface area contributed by atoms with Crippen LogP contribution >= 0.6 is 0 Å². The van der Waals surface area contributed by atoms with E-state index in [0.29, 0.717) is 0 Å². The molecule has 49 heavy (non-hydrogen) atoms. The fourth-order valence-corrected chi connectivity index (χ4v) is 7.90. The summed E-state index contributed by atoms with van der Waals surface area (Å²) in [6.45, 7) is 0. The van der Waals surface area contributed by atoms with Gasteiger partial charge in [0.1, 0.15) is 11.5 Å². The summed E-state index contributed by atoms with van der Waals surface area (Å²) in [4.78, 5) is 0. The van der Waals surface area contributed by atoms with E-state index in [1.807, 2.05) is 0 Å². The third-order valence-corrected chi connectivity index (χ3v) is 10.1. The molecule has 1 nitrogen and oxygen atoms in total. The van der Waals surface area contributed by atoms with E-state index in [1.54, 1.807) is 0 Å². The molecule has 9 aromatic carbocycles. The predicted octanol–water partition coefficient (Wildman–Crippen LogP) is 13.6. The smallest absolute Gasteiger partial charge is 0.135 e. The number of rotatable bonds is 4. The molecule has 0 radical (unpaired) electrons. The molecule has 10 rings (SSSR count). The zero-order chi connectivity index (χ0) is 32.3. The molecule has 0 atom stereocenters. The second-order valence-electron chi connectivity index (χ2n) is 12.8. The van der Waals surface area contributed by atoms with Gasteiger partial charge in [0.15, 0.2) is 0 Å². The van der Waals surface area contributed by atoms with Gasteiger partial charge in [-0.05, 0) is 101 Å². The van der Waals surface area contributed by atoms with Crippen LogP contribution < -0.4 is 4.74 Å². The van der Waals surface area contributed by atoms with Crippen LogP contribution in [0.1, 0.15) is 0 Å². The lowest BCUT2D eigenvalue weighted by atomic mass is 9.83. The Hall–Kier alpha value is -6.44. The minimum absolute atomic E-state index is 0.895. The van der Waals surface area contributed by atoms with Gasteiger partial charge in [-0.2, -0.15) is 0 Å². The highest BCUT2D eigenvalue weighted by molar-refractivity contribution is 6.22. The van der Waals surface area contributed by atoms with Gasteiger partial charge in [0.05, 0.1) is 0 Å². The normalized spacial score (nSPS) is 11.8. The van der Waals surface area contributed by atoms with E-state index in [1.165, 1.54) is 82.4 Å². The minimum Gasteiger partial charge on any atom is -0.456 e. The van der Waals surface area contributed by atoms with Gasteiger partial charge in [0.25, 0.3) is 0 Å². The van der Waals surface area contributed by atoms with Gasteiger partial charge < -0.3 is 4.74 Å². The maximum atomic E-state index is 6.48. The summed E-state index contributed by atoms with van der Waals surface area (Å²) in [5.74, 6) is 1.81. The van der Waals surface area contributed by atoms with Crippen molar-refractivity contribution in [3.8, 4) is 67.1 Å². The maximum Gasteiger partial charge on any atom is 0.135 e. The lowest BCUT2D eigenvalue weighted by Crippen LogP contribution is -1.98. The average molecular weight is 623 g/mol. The van der Waals surface area contributed by atoms with Gasteiger partial charge in [-0.3, -0.25) is 0 Å². The van der Waals surface area contributed by atoms with Crippen molar-refractivity contribution in [2.75, 3.05) is 0 Å².